The van der Waals surface area contributed by atoms with Crippen molar-refractivity contribution >= 4 is 17.5 Å². The molecule has 5 fully saturated rings. The van der Waals surface area contributed by atoms with E-state index in [0.29, 0.717) is 18.8 Å². The van der Waals surface area contributed by atoms with Crippen molar-refractivity contribution in [3.8, 4) is 0 Å². The van der Waals surface area contributed by atoms with Gasteiger partial charge in [0.2, 0.25) is 0 Å². The van der Waals surface area contributed by atoms with Crippen molar-refractivity contribution in [1.29, 1.82) is 0 Å². The summed E-state index contributed by atoms with van der Waals surface area (Å²) in [4.78, 5) is 32.7. The van der Waals surface area contributed by atoms with Crippen molar-refractivity contribution in [3.05, 3.63) is 0 Å². The highest BCUT2D eigenvalue weighted by Gasteiger charge is 2.61. The normalized spacial score (nSPS) is 46.8. The van der Waals surface area contributed by atoms with Gasteiger partial charge in [0.25, 0.3) is 0 Å². The van der Waals surface area contributed by atoms with E-state index < -0.39 is 79.3 Å². The van der Waals surface area contributed by atoms with Gasteiger partial charge in [-0.1, -0.05) is 0 Å². The average molecular weight is 656 g/mol. The Kier molecular flexibility index (Phi) is 11.7. The van der Waals surface area contributed by atoms with Gasteiger partial charge in [0, 0.05) is 44.9 Å². The highest BCUT2D eigenvalue weighted by Crippen LogP contribution is 2.51. The molecule has 0 aromatic rings. The van der Waals surface area contributed by atoms with Crippen molar-refractivity contribution in [1.82, 2.24) is 10.6 Å². The van der Waals surface area contributed by atoms with Gasteiger partial charge in [-0.3, -0.25) is 14.6 Å². The maximum atomic E-state index is 14.4. The van der Waals surface area contributed by atoms with Crippen LogP contribution in [0.1, 0.15) is 44.9 Å². The van der Waals surface area contributed by atoms with Crippen molar-refractivity contribution < 1.29 is 49.3 Å². The number of ketones is 2. The molecule has 0 radical (unpaired) electrons. The van der Waals surface area contributed by atoms with Crippen LogP contribution in [0.3, 0.4) is 0 Å². The van der Waals surface area contributed by atoms with Crippen LogP contribution in [0.4, 0.5) is 0 Å². The molecule has 0 amide bonds. The first kappa shape index (κ1) is 35.5. The minimum atomic E-state index is -1.67. The van der Waals surface area contributed by atoms with E-state index in [1.807, 2.05) is 0 Å². The molecule has 15 nitrogen and oxygen atoms in total. The van der Waals surface area contributed by atoms with Crippen molar-refractivity contribution in [2.24, 2.45) is 57.9 Å². The number of carbonyl (C=O) groups excluding carboxylic acids is 2. The molecular formula is C31H53N5O10. The molecule has 46 heavy (non-hydrogen) atoms. The molecule has 15 heteroatoms. The lowest BCUT2D eigenvalue weighted by atomic mass is 9.53. The third-order valence-corrected chi connectivity index (χ3v) is 11.4. The van der Waals surface area contributed by atoms with Crippen LogP contribution in [-0.2, 0) is 23.8 Å². The van der Waals surface area contributed by atoms with Crippen LogP contribution < -0.4 is 22.1 Å². The smallest absolute Gasteiger partial charge is 0.188 e. The van der Waals surface area contributed by atoms with E-state index in [0.717, 1.165) is 32.2 Å². The lowest BCUT2D eigenvalue weighted by molar-refractivity contribution is -0.319. The second kappa shape index (κ2) is 15.2. The number of piperidine rings is 1. The van der Waals surface area contributed by atoms with E-state index >= 15 is 0 Å². The number of nitrogens with two attached hydrogens (primary N) is 2. The number of hydrogen-bond donors (Lipinski definition) is 9. The van der Waals surface area contributed by atoms with Gasteiger partial charge in [-0.2, -0.15) is 0 Å². The number of ether oxygens (including phenoxy) is 3. The third-order valence-electron chi connectivity index (χ3n) is 11.4. The SMILES string of the molecule is CN=C(N)NCC1C(CCC2CCC(N)NC2)CC2C(=O)C3CC(OC)CC(O[C@H]4O[C@H](CO)[C@@H](O)[C@H](O)[C@H]4O)C3C(=O)C2C1O. The number of nitrogens with zero attached hydrogens (tertiary/aromatic N) is 1. The number of aliphatic imine (C=N–C) groups is 1. The molecule has 3 aliphatic carbocycles. The minimum Gasteiger partial charge on any atom is -0.394 e. The summed E-state index contributed by atoms with van der Waals surface area (Å²) in [6, 6.07) is 0. The van der Waals surface area contributed by atoms with Gasteiger partial charge in [-0.25, -0.2) is 0 Å². The first-order chi connectivity index (χ1) is 22.0. The zero-order valence-corrected chi connectivity index (χ0v) is 26.7. The number of Topliss-reactive ketones (excluding diaryl/α,β-unsaturated/α-hetero) is 2. The molecule has 2 aliphatic heterocycles. The number of methoxy groups -OCH3 is 1. The highest BCUT2D eigenvalue weighted by molar-refractivity contribution is 6.00. The van der Waals surface area contributed by atoms with E-state index in [1.165, 1.54) is 7.11 Å². The molecule has 2 saturated heterocycles. The van der Waals surface area contributed by atoms with Crippen molar-refractivity contribution in [2.75, 3.05) is 33.9 Å². The molecule has 5 aliphatic rings. The van der Waals surface area contributed by atoms with E-state index in [9.17, 15) is 35.1 Å². The van der Waals surface area contributed by atoms with Gasteiger partial charge < -0.3 is 61.8 Å². The molecule has 0 spiro atoms. The molecule has 2 heterocycles. The van der Waals surface area contributed by atoms with Gasteiger partial charge in [0.05, 0.1) is 42.9 Å². The van der Waals surface area contributed by atoms with Gasteiger partial charge in [-0.15, -0.1) is 0 Å². The summed E-state index contributed by atoms with van der Waals surface area (Å²) in [6.45, 7) is 0.471. The van der Waals surface area contributed by atoms with Crippen molar-refractivity contribution in [2.45, 2.75) is 100 Å². The minimum absolute atomic E-state index is 0.000478. The molecule has 0 aromatic carbocycles. The zero-order chi connectivity index (χ0) is 33.3. The number of aliphatic hydroxyl groups excluding tert-OH is 5. The summed E-state index contributed by atoms with van der Waals surface area (Å²) < 4.78 is 17.4. The number of carbonyl (C=O) groups is 2. The van der Waals surface area contributed by atoms with Crippen LogP contribution in [-0.4, -0.2) is 132 Å². The number of aliphatic hydroxyl groups is 5. The Hall–Kier alpha value is -1.79. The predicted molar refractivity (Wildman–Crippen MR) is 164 cm³/mol. The maximum Gasteiger partial charge on any atom is 0.188 e. The Bertz CT molecular complexity index is 1090. The second-order valence-corrected chi connectivity index (χ2v) is 13.9. The number of hydrogen-bond acceptors (Lipinski definition) is 13. The quantitative estimate of drug-likeness (QED) is 0.0899. The Balaban J connectivity index is 1.38. The van der Waals surface area contributed by atoms with E-state index in [4.69, 9.17) is 25.7 Å². The maximum absolute atomic E-state index is 14.4. The lowest BCUT2D eigenvalue weighted by Gasteiger charge is -2.53. The Morgan fingerprint density at radius 1 is 1.00 bits per heavy atom. The Labute approximate surface area is 269 Å². The molecule has 0 bridgehead atoms. The first-order valence-electron chi connectivity index (χ1n) is 16.7. The fourth-order valence-corrected chi connectivity index (χ4v) is 8.69. The van der Waals surface area contributed by atoms with Gasteiger partial charge in [-0.05, 0) is 56.9 Å². The Morgan fingerprint density at radius 3 is 2.39 bits per heavy atom. The van der Waals surface area contributed by atoms with E-state index in [1.54, 1.807) is 7.05 Å². The molecule has 0 aromatic heterocycles. The Morgan fingerprint density at radius 2 is 1.74 bits per heavy atom. The van der Waals surface area contributed by atoms with Crippen LogP contribution >= 0.6 is 0 Å². The van der Waals surface area contributed by atoms with Crippen LogP contribution in [0.5, 0.6) is 0 Å². The number of rotatable bonds is 9. The number of nitrogens with one attached hydrogen (secondary N) is 2. The molecule has 5 rings (SSSR count). The van der Waals surface area contributed by atoms with E-state index in [-0.39, 0.29) is 48.5 Å². The summed E-state index contributed by atoms with van der Waals surface area (Å²) in [5, 5.41) is 59.2. The first-order valence-corrected chi connectivity index (χ1v) is 16.7. The van der Waals surface area contributed by atoms with Crippen LogP contribution in [0.15, 0.2) is 4.99 Å². The summed E-state index contributed by atoms with van der Waals surface area (Å²) >= 11 is 0. The molecule has 262 valence electrons. The van der Waals surface area contributed by atoms with Crippen molar-refractivity contribution in [3.63, 3.8) is 0 Å². The van der Waals surface area contributed by atoms with Gasteiger partial charge in [0.15, 0.2) is 12.2 Å². The zero-order valence-electron chi connectivity index (χ0n) is 26.7. The van der Waals surface area contributed by atoms with Crippen LogP contribution in [0.2, 0.25) is 0 Å². The van der Waals surface area contributed by atoms with Gasteiger partial charge >= 0.3 is 0 Å². The summed E-state index contributed by atoms with van der Waals surface area (Å²) in [6.07, 6.45) is -5.52. The fourth-order valence-electron chi connectivity index (χ4n) is 8.69. The number of guanidine groups is 1. The lowest BCUT2D eigenvalue weighted by Crippen LogP contribution is -2.64. The molecule has 11 N–H and O–H groups in total. The summed E-state index contributed by atoms with van der Waals surface area (Å²) in [7, 11) is 3.08. The average Bonchev–Trinajstić information content (AvgIpc) is 3.05. The second-order valence-electron chi connectivity index (χ2n) is 13.9. The molecule has 16 atom stereocenters. The fraction of sp³-hybridized carbons (Fsp3) is 0.903. The van der Waals surface area contributed by atoms with Gasteiger partial charge in [0.1, 0.15) is 36.0 Å². The molecular weight excluding hydrogens is 602 g/mol. The largest absolute Gasteiger partial charge is 0.394 e. The van der Waals surface area contributed by atoms with Crippen LogP contribution in [0.25, 0.3) is 0 Å². The van der Waals surface area contributed by atoms with E-state index in [2.05, 4.69) is 15.6 Å². The van der Waals surface area contributed by atoms with Crippen LogP contribution in [0, 0.1) is 41.4 Å². The summed E-state index contributed by atoms with van der Waals surface area (Å²) in [5.74, 6) is -3.42. The third kappa shape index (κ3) is 7.14. The monoisotopic (exact) mass is 655 g/mol. The topological polar surface area (TPSA) is 251 Å². The molecule has 11 unspecified atom stereocenters. The predicted octanol–water partition coefficient (Wildman–Crippen LogP) is -2.81. The highest BCUT2D eigenvalue weighted by atomic mass is 16.7. The summed E-state index contributed by atoms with van der Waals surface area (Å²) in [5.41, 5.74) is 12.0. The molecule has 3 saturated carbocycles. The standard InChI is InChI=1S/C31H53N5O10/c1-34-31(33)36-11-18-14(5-3-13-4-6-21(32)35-10-13)7-16-23(25(18)39)27(41)22-17(24(16)38)8-15(44-2)9-19(22)45-30-29(43)28(42)26(40)20(12-37)46-30/h13-23,25-26,28-30,35,37,39-40,42-43H,3-12,32H2,1-2H3,(H3,33,34,36)/t13?,14?,15?,16?,17?,18?,19?,20-,21?,22?,23?,25?,26-,28+,29-,30+/m1/s1. The number of fused-ring (bicyclic) bond motifs is 2.